The lowest BCUT2D eigenvalue weighted by atomic mass is 9.87. The van der Waals surface area contributed by atoms with E-state index in [1.165, 1.54) is 12.1 Å². The molecule has 48 heavy (non-hydrogen) atoms. The largest absolute Gasteiger partial charge is 0.206 e. The maximum Gasteiger partial charge on any atom is 0.141 e. The minimum atomic E-state index is -1.24. The number of nitriles is 9. The highest BCUT2D eigenvalue weighted by molar-refractivity contribution is 6.31. The van der Waals surface area contributed by atoms with Crippen LogP contribution in [0.5, 0.6) is 0 Å². The van der Waals surface area contributed by atoms with Gasteiger partial charge in [0.2, 0.25) is 0 Å². The van der Waals surface area contributed by atoms with Crippen LogP contribution < -0.4 is 0 Å². The van der Waals surface area contributed by atoms with Crippen molar-refractivity contribution in [1.82, 2.24) is 0 Å². The van der Waals surface area contributed by atoms with Crippen LogP contribution in [0.3, 0.4) is 0 Å². The molecule has 0 aliphatic heterocycles. The molecule has 0 aromatic heterocycles. The van der Waals surface area contributed by atoms with Crippen molar-refractivity contribution in [3.63, 3.8) is 0 Å². The van der Waals surface area contributed by atoms with Crippen LogP contribution in [0.1, 0.15) is 50.1 Å². The number of hydrogen-bond acceptors (Lipinski definition) is 9. The number of rotatable bonds is 2. The summed E-state index contributed by atoms with van der Waals surface area (Å²) in [7, 11) is 0. The summed E-state index contributed by atoms with van der Waals surface area (Å²) in [4.78, 5) is 0. The van der Waals surface area contributed by atoms with Gasteiger partial charge in [-0.05, 0) is 41.5 Å². The molecule has 0 unspecified atom stereocenters. The lowest BCUT2D eigenvalue weighted by Crippen LogP contribution is -2.00. The first-order chi connectivity index (χ1) is 23.1. The Hall–Kier alpha value is -8.25. The minimum absolute atomic E-state index is 0.281. The third-order valence-corrected chi connectivity index (χ3v) is 7.54. The van der Waals surface area contributed by atoms with Crippen molar-refractivity contribution in [3.8, 4) is 54.6 Å². The van der Waals surface area contributed by atoms with Gasteiger partial charge in [0.1, 0.15) is 89.0 Å². The molecule has 0 heterocycles. The Morgan fingerprint density at radius 2 is 0.792 bits per heavy atom. The lowest BCUT2D eigenvalue weighted by molar-refractivity contribution is 0.594. The van der Waals surface area contributed by atoms with Gasteiger partial charge in [0.25, 0.3) is 0 Å². The third-order valence-electron chi connectivity index (χ3n) is 7.54. The fourth-order valence-corrected chi connectivity index (χ4v) is 5.68. The summed E-state index contributed by atoms with van der Waals surface area (Å²) in [6.07, 6.45) is 0. The zero-order valence-electron chi connectivity index (χ0n) is 23.4. The van der Waals surface area contributed by atoms with Gasteiger partial charge in [-0.2, -0.15) is 47.4 Å². The summed E-state index contributed by atoms with van der Waals surface area (Å²) < 4.78 is 60.6. The third kappa shape index (κ3) is 4.23. The fourth-order valence-electron chi connectivity index (χ4n) is 5.68. The number of fused-ring (bicyclic) bond motifs is 2. The molecule has 0 N–H and O–H groups in total. The van der Waals surface area contributed by atoms with Crippen molar-refractivity contribution in [2.45, 2.75) is 0 Å². The summed E-state index contributed by atoms with van der Waals surface area (Å²) in [5.74, 6) is -4.92. The molecule has 0 atom stereocenters. The Labute approximate surface area is 267 Å². The van der Waals surface area contributed by atoms with Crippen molar-refractivity contribution >= 4 is 33.4 Å². The Kier molecular flexibility index (Phi) is 7.59. The van der Waals surface area contributed by atoms with Crippen LogP contribution in [0.4, 0.5) is 17.6 Å². The van der Waals surface area contributed by atoms with E-state index in [0.29, 0.717) is 24.3 Å². The summed E-state index contributed by atoms with van der Waals surface area (Å²) >= 11 is 0. The Bertz CT molecular complexity index is 2440. The molecule has 3 aromatic rings. The molecule has 0 bridgehead atoms. The predicted molar refractivity (Wildman–Crippen MR) is 154 cm³/mol. The molecule has 0 spiro atoms. The van der Waals surface area contributed by atoms with Gasteiger partial charge in [-0.25, -0.2) is 17.6 Å². The number of benzene rings is 3. The van der Waals surface area contributed by atoms with Gasteiger partial charge < -0.3 is 0 Å². The average molecular weight is 627 g/mol. The van der Waals surface area contributed by atoms with Gasteiger partial charge in [0, 0.05) is 44.5 Å². The zero-order valence-corrected chi connectivity index (χ0v) is 23.4. The average Bonchev–Trinajstić information content (AvgIpc) is 3.58. The van der Waals surface area contributed by atoms with Crippen LogP contribution in [-0.4, -0.2) is 0 Å². The Morgan fingerprint density at radius 1 is 0.417 bits per heavy atom. The second kappa shape index (κ2) is 11.7. The first-order valence-electron chi connectivity index (χ1n) is 12.9. The molecule has 13 heteroatoms. The fraction of sp³-hybridized carbons (Fsp3) is 0. The van der Waals surface area contributed by atoms with E-state index in [9.17, 15) is 45.6 Å². The number of allylic oxidation sites excluding steroid dienone is 8. The highest BCUT2D eigenvalue weighted by Gasteiger charge is 2.41. The molecule has 0 amide bonds. The van der Waals surface area contributed by atoms with Crippen molar-refractivity contribution in [1.29, 1.82) is 47.4 Å². The van der Waals surface area contributed by atoms with E-state index in [1.807, 2.05) is 6.07 Å². The van der Waals surface area contributed by atoms with Crippen molar-refractivity contribution in [2.75, 3.05) is 0 Å². The van der Waals surface area contributed by atoms with E-state index in [0.717, 1.165) is 6.07 Å². The number of nitrogens with zero attached hydrogens (tertiary/aromatic N) is 9. The second-order valence-corrected chi connectivity index (χ2v) is 9.73. The zero-order chi connectivity index (χ0) is 35.0. The first-order valence-corrected chi connectivity index (χ1v) is 12.9. The molecular formula is C35H5F4N9. The van der Waals surface area contributed by atoms with Gasteiger partial charge in [-0.15, -0.1) is 0 Å². The van der Waals surface area contributed by atoms with Gasteiger partial charge >= 0.3 is 0 Å². The quantitative estimate of drug-likeness (QED) is 0.228. The van der Waals surface area contributed by atoms with Gasteiger partial charge in [0.05, 0.1) is 27.8 Å². The SMILES string of the molecule is N#CC(C#N)=C1C(c2cc(F)c(C#N)cc2F)=C(C#N)c2c1cc1c(c2C#N)C(C#N)=C(c2cc(F)c(C#N)cc2F)C1=C(C#N)C#N. The van der Waals surface area contributed by atoms with Crippen LogP contribution in [0.2, 0.25) is 0 Å². The van der Waals surface area contributed by atoms with Crippen LogP contribution in [-0.2, 0) is 0 Å². The highest BCUT2D eigenvalue weighted by atomic mass is 19.1. The lowest BCUT2D eigenvalue weighted by Gasteiger charge is -2.13. The number of halogens is 4. The molecule has 2 aliphatic carbocycles. The van der Waals surface area contributed by atoms with Crippen LogP contribution >= 0.6 is 0 Å². The van der Waals surface area contributed by atoms with Crippen molar-refractivity contribution in [2.24, 2.45) is 0 Å². The van der Waals surface area contributed by atoms with E-state index >= 15 is 8.78 Å². The van der Waals surface area contributed by atoms with Crippen LogP contribution in [0.15, 0.2) is 41.5 Å². The molecular weight excluding hydrogens is 622 g/mol. The minimum Gasteiger partial charge on any atom is -0.206 e. The van der Waals surface area contributed by atoms with Gasteiger partial charge in [0.15, 0.2) is 0 Å². The molecule has 0 radical (unpaired) electrons. The molecule has 3 aromatic carbocycles. The highest BCUT2D eigenvalue weighted by Crippen LogP contribution is 2.56. The van der Waals surface area contributed by atoms with Gasteiger partial charge in [-0.1, -0.05) is 0 Å². The molecule has 0 fully saturated rings. The maximum absolute atomic E-state index is 15.5. The van der Waals surface area contributed by atoms with Crippen LogP contribution in [0, 0.1) is 125 Å². The summed E-state index contributed by atoms with van der Waals surface area (Å²) in [5, 5.41) is 89.0. The Balaban J connectivity index is 2.06. The molecule has 218 valence electrons. The molecule has 0 saturated carbocycles. The van der Waals surface area contributed by atoms with Gasteiger partial charge in [-0.3, -0.25) is 0 Å². The van der Waals surface area contributed by atoms with E-state index in [4.69, 9.17) is 10.5 Å². The van der Waals surface area contributed by atoms with Crippen molar-refractivity contribution in [3.05, 3.63) is 115 Å². The van der Waals surface area contributed by atoms with Crippen molar-refractivity contribution < 1.29 is 17.6 Å². The summed E-state index contributed by atoms with van der Waals surface area (Å²) in [6, 6.07) is 17.9. The summed E-state index contributed by atoms with van der Waals surface area (Å²) in [6.45, 7) is 0. The predicted octanol–water partition coefficient (Wildman–Crippen LogP) is 6.36. The van der Waals surface area contributed by atoms with E-state index in [2.05, 4.69) is 0 Å². The number of hydrogen-bond donors (Lipinski definition) is 0. The molecule has 2 aliphatic rings. The first kappa shape index (κ1) is 31.2. The molecule has 5 rings (SSSR count). The molecule has 9 nitrogen and oxygen atoms in total. The van der Waals surface area contributed by atoms with E-state index in [1.54, 1.807) is 36.4 Å². The Morgan fingerprint density at radius 3 is 1.08 bits per heavy atom. The van der Waals surface area contributed by atoms with E-state index in [-0.39, 0.29) is 22.3 Å². The monoisotopic (exact) mass is 627 g/mol. The standard InChI is InChI=1S/C35H5F4N9/c36-26-4-19(28(38)1-15(26)6-40)34-24(13-47)32-21(30(34)17(8-42)9-43)3-22-31(18(10-44)11-45)35(25(14-48)33(22)23(32)12-46)20-5-27(37)16(7-41)2-29(20)39/h1-5H. The maximum atomic E-state index is 15.5. The summed E-state index contributed by atoms with van der Waals surface area (Å²) in [5.41, 5.74) is -9.12. The topological polar surface area (TPSA) is 214 Å². The second-order valence-electron chi connectivity index (χ2n) is 9.73. The van der Waals surface area contributed by atoms with E-state index < -0.39 is 95.7 Å². The van der Waals surface area contributed by atoms with Crippen LogP contribution in [0.25, 0.3) is 33.4 Å². The normalized spacial score (nSPS) is 12.1. The molecule has 0 saturated heterocycles. The smallest absolute Gasteiger partial charge is 0.141 e.